The van der Waals surface area contributed by atoms with Crippen LogP contribution in [0.1, 0.15) is 22.5 Å². The maximum Gasteiger partial charge on any atom is 0.352 e. The lowest BCUT2D eigenvalue weighted by Crippen LogP contribution is -2.04. The van der Waals surface area contributed by atoms with Crippen LogP contribution in [0.2, 0.25) is 0 Å². The lowest BCUT2D eigenvalue weighted by molar-refractivity contribution is 0.0690. The second-order valence-corrected chi connectivity index (χ2v) is 7.32. The van der Waals surface area contributed by atoms with E-state index in [-0.39, 0.29) is 5.69 Å². The molecule has 0 aliphatic heterocycles. The van der Waals surface area contributed by atoms with Gasteiger partial charge in [-0.15, -0.1) is 0 Å². The van der Waals surface area contributed by atoms with Gasteiger partial charge in [-0.2, -0.15) is 0 Å². The fraction of sp³-hybridized carbons (Fsp3) is 0.136. The van der Waals surface area contributed by atoms with E-state index in [9.17, 15) is 9.90 Å². The highest BCUT2D eigenvalue weighted by Crippen LogP contribution is 2.28. The molecule has 1 aromatic heterocycles. The zero-order chi connectivity index (χ0) is 18.8. The Morgan fingerprint density at radius 2 is 1.85 bits per heavy atom. The topological polar surface area (TPSA) is 62.3 Å². The van der Waals surface area contributed by atoms with E-state index >= 15 is 0 Å². The molecular formula is C22H18BrNO3. The van der Waals surface area contributed by atoms with Gasteiger partial charge >= 0.3 is 5.97 Å². The quantitative estimate of drug-likeness (QED) is 0.385. The number of nitrogens with one attached hydrogen (secondary N) is 1. The van der Waals surface area contributed by atoms with Crippen molar-refractivity contribution in [2.24, 2.45) is 0 Å². The summed E-state index contributed by atoms with van der Waals surface area (Å²) in [5.74, 6) is -0.0818. The third-order valence-corrected chi connectivity index (χ3v) is 5.15. The molecule has 0 saturated heterocycles. The van der Waals surface area contributed by atoms with Crippen LogP contribution in [0.3, 0.4) is 0 Å². The predicted molar refractivity (Wildman–Crippen MR) is 111 cm³/mol. The van der Waals surface area contributed by atoms with Crippen LogP contribution in [0.15, 0.2) is 65.1 Å². The number of rotatable bonds is 6. The fourth-order valence-corrected chi connectivity index (χ4v) is 3.78. The van der Waals surface area contributed by atoms with Crippen LogP contribution < -0.4 is 4.74 Å². The van der Waals surface area contributed by atoms with Crippen LogP contribution in [0.5, 0.6) is 5.75 Å². The van der Waals surface area contributed by atoms with E-state index in [0.29, 0.717) is 13.0 Å². The number of benzene rings is 3. The first kappa shape index (κ1) is 17.6. The zero-order valence-corrected chi connectivity index (χ0v) is 16.1. The van der Waals surface area contributed by atoms with Crippen LogP contribution in [0.25, 0.3) is 21.7 Å². The number of aryl methyl sites for hydroxylation is 1. The smallest absolute Gasteiger partial charge is 0.352 e. The van der Waals surface area contributed by atoms with Gasteiger partial charge in [0.25, 0.3) is 0 Å². The molecule has 0 radical (unpaired) electrons. The third kappa shape index (κ3) is 3.55. The standard InChI is InChI=1S/C22H18BrNO3/c23-15-10-11-17-18(21(22(25)26)24-19(17)13-15)8-4-12-27-20-9-3-6-14-5-1-2-7-16(14)20/h1-3,5-7,9-11,13,24H,4,8,12H2,(H,25,26). The average molecular weight is 424 g/mol. The molecule has 4 nitrogen and oxygen atoms in total. The molecule has 1 heterocycles. The molecule has 27 heavy (non-hydrogen) atoms. The van der Waals surface area contributed by atoms with Gasteiger partial charge in [0, 0.05) is 20.8 Å². The Morgan fingerprint density at radius 3 is 2.70 bits per heavy atom. The Hall–Kier alpha value is -2.79. The molecule has 3 aromatic carbocycles. The Balaban J connectivity index is 1.50. The van der Waals surface area contributed by atoms with Crippen molar-refractivity contribution in [3.63, 3.8) is 0 Å². The number of carbonyl (C=O) groups is 1. The molecule has 0 saturated carbocycles. The second-order valence-electron chi connectivity index (χ2n) is 6.40. The van der Waals surface area contributed by atoms with Crippen molar-refractivity contribution in [1.29, 1.82) is 0 Å². The zero-order valence-electron chi connectivity index (χ0n) is 14.5. The minimum absolute atomic E-state index is 0.258. The summed E-state index contributed by atoms with van der Waals surface area (Å²) in [5.41, 5.74) is 1.91. The minimum Gasteiger partial charge on any atom is -0.493 e. The lowest BCUT2D eigenvalue weighted by atomic mass is 10.1. The molecule has 0 amide bonds. The monoisotopic (exact) mass is 423 g/mol. The molecule has 0 bridgehead atoms. The van der Waals surface area contributed by atoms with Crippen LogP contribution in [-0.4, -0.2) is 22.7 Å². The van der Waals surface area contributed by atoms with Gasteiger partial charge in [0.15, 0.2) is 0 Å². The normalized spacial score (nSPS) is 11.1. The van der Waals surface area contributed by atoms with Crippen LogP contribution >= 0.6 is 15.9 Å². The van der Waals surface area contributed by atoms with E-state index in [0.717, 1.165) is 43.9 Å². The highest BCUT2D eigenvalue weighted by molar-refractivity contribution is 9.10. The molecule has 136 valence electrons. The van der Waals surface area contributed by atoms with Crippen molar-refractivity contribution in [2.75, 3.05) is 6.61 Å². The molecular weight excluding hydrogens is 406 g/mol. The summed E-state index contributed by atoms with van der Waals surface area (Å²) < 4.78 is 6.90. The van der Waals surface area contributed by atoms with Gasteiger partial charge in [-0.1, -0.05) is 58.4 Å². The van der Waals surface area contributed by atoms with Gasteiger partial charge < -0.3 is 14.8 Å². The summed E-state index contributed by atoms with van der Waals surface area (Å²) in [5, 5.41) is 12.7. The SMILES string of the molecule is O=C(O)c1[nH]c2cc(Br)ccc2c1CCCOc1cccc2ccccc12. The summed E-state index contributed by atoms with van der Waals surface area (Å²) in [6.07, 6.45) is 1.36. The number of aromatic nitrogens is 1. The average Bonchev–Trinajstić information content (AvgIpc) is 3.03. The first-order valence-electron chi connectivity index (χ1n) is 8.77. The summed E-state index contributed by atoms with van der Waals surface area (Å²) in [7, 11) is 0. The number of halogens is 1. The molecule has 0 atom stereocenters. The van der Waals surface area contributed by atoms with E-state index < -0.39 is 5.97 Å². The van der Waals surface area contributed by atoms with Crippen molar-refractivity contribution in [3.05, 3.63) is 76.4 Å². The van der Waals surface area contributed by atoms with Crippen molar-refractivity contribution >= 4 is 43.6 Å². The number of H-pyrrole nitrogens is 1. The van der Waals surface area contributed by atoms with Crippen LogP contribution in [0, 0.1) is 0 Å². The second kappa shape index (κ2) is 7.45. The van der Waals surface area contributed by atoms with Crippen molar-refractivity contribution in [1.82, 2.24) is 4.98 Å². The number of aromatic carboxylic acids is 1. The number of carboxylic acid groups (broad SMARTS) is 1. The molecule has 5 heteroatoms. The number of ether oxygens (including phenoxy) is 1. The van der Waals surface area contributed by atoms with Gasteiger partial charge in [-0.05, 0) is 42.0 Å². The number of hydrogen-bond acceptors (Lipinski definition) is 2. The molecule has 0 unspecified atom stereocenters. The van der Waals surface area contributed by atoms with E-state index in [1.807, 2.05) is 48.5 Å². The van der Waals surface area contributed by atoms with Gasteiger partial charge in [0.2, 0.25) is 0 Å². The highest BCUT2D eigenvalue weighted by atomic mass is 79.9. The third-order valence-electron chi connectivity index (χ3n) is 4.66. The number of carboxylic acids is 1. The summed E-state index contributed by atoms with van der Waals surface area (Å²) in [6.45, 7) is 0.524. The molecule has 4 aromatic rings. The first-order chi connectivity index (χ1) is 13.1. The lowest BCUT2D eigenvalue weighted by Gasteiger charge is -2.09. The van der Waals surface area contributed by atoms with Gasteiger partial charge in [-0.3, -0.25) is 0 Å². The largest absolute Gasteiger partial charge is 0.493 e. The van der Waals surface area contributed by atoms with E-state index in [2.05, 4.69) is 33.0 Å². The minimum atomic E-state index is -0.938. The summed E-state index contributed by atoms with van der Waals surface area (Å²) in [4.78, 5) is 14.6. The van der Waals surface area contributed by atoms with Crippen molar-refractivity contribution < 1.29 is 14.6 Å². The first-order valence-corrected chi connectivity index (χ1v) is 9.57. The van der Waals surface area contributed by atoms with E-state index in [1.165, 1.54) is 0 Å². The van der Waals surface area contributed by atoms with Crippen LogP contribution in [-0.2, 0) is 6.42 Å². The maximum absolute atomic E-state index is 11.6. The maximum atomic E-state index is 11.6. The Morgan fingerprint density at radius 1 is 1.04 bits per heavy atom. The summed E-state index contributed by atoms with van der Waals surface area (Å²) >= 11 is 3.43. The molecule has 0 aliphatic rings. The van der Waals surface area contributed by atoms with Crippen molar-refractivity contribution in [3.8, 4) is 5.75 Å². The highest BCUT2D eigenvalue weighted by Gasteiger charge is 2.17. The molecule has 4 rings (SSSR count). The predicted octanol–water partition coefficient (Wildman–Crippen LogP) is 5.79. The van der Waals surface area contributed by atoms with Gasteiger partial charge in [0.1, 0.15) is 11.4 Å². The number of fused-ring (bicyclic) bond motifs is 2. The van der Waals surface area contributed by atoms with E-state index in [4.69, 9.17) is 4.74 Å². The Kier molecular flexibility index (Phi) is 4.86. The Bertz CT molecular complexity index is 1130. The number of aromatic amines is 1. The molecule has 2 N–H and O–H groups in total. The van der Waals surface area contributed by atoms with Gasteiger partial charge in [-0.25, -0.2) is 4.79 Å². The Labute approximate surface area is 164 Å². The molecule has 0 fully saturated rings. The fourth-order valence-electron chi connectivity index (χ4n) is 3.42. The van der Waals surface area contributed by atoms with E-state index in [1.54, 1.807) is 0 Å². The number of hydrogen-bond donors (Lipinski definition) is 2. The summed E-state index contributed by atoms with van der Waals surface area (Å²) in [6, 6.07) is 19.9. The molecule has 0 spiro atoms. The van der Waals surface area contributed by atoms with Crippen LogP contribution in [0.4, 0.5) is 0 Å². The molecule has 0 aliphatic carbocycles. The van der Waals surface area contributed by atoms with Crippen molar-refractivity contribution in [2.45, 2.75) is 12.8 Å². The van der Waals surface area contributed by atoms with Gasteiger partial charge in [0.05, 0.1) is 6.61 Å².